The molecule has 0 amide bonds. The first kappa shape index (κ1) is 20.5. The van der Waals surface area contributed by atoms with Crippen LogP contribution in [0.15, 0.2) is 6.20 Å². The van der Waals surface area contributed by atoms with Crippen molar-refractivity contribution in [2.45, 2.75) is 38.8 Å². The van der Waals surface area contributed by atoms with E-state index in [0.29, 0.717) is 25.0 Å². The van der Waals surface area contributed by atoms with Gasteiger partial charge in [-0.2, -0.15) is 0 Å². The van der Waals surface area contributed by atoms with Gasteiger partial charge >= 0.3 is 0 Å². The molecule has 11 heteroatoms. The number of hydrogen-bond acceptors (Lipinski definition) is 10. The minimum Gasteiger partial charge on any atom is -0.378 e. The summed E-state index contributed by atoms with van der Waals surface area (Å²) in [6, 6.07) is 0.175. The number of aryl methyl sites for hydroxylation is 1. The van der Waals surface area contributed by atoms with E-state index in [9.17, 15) is 0 Å². The SMILES string of the molecule is Cc1nc(N)ncc1-c1nc(N2CCOCC2)c2nc(N3CCC(N)C3)n(CC3CC3)c2n1. The fraction of sp³-hybridized carbons (Fsp3) is 0.591. The molecule has 1 atom stereocenters. The van der Waals surface area contributed by atoms with Crippen molar-refractivity contribution in [2.75, 3.05) is 54.9 Å². The summed E-state index contributed by atoms with van der Waals surface area (Å²) in [5, 5.41) is 0. The van der Waals surface area contributed by atoms with Crippen molar-refractivity contribution in [3.8, 4) is 11.4 Å². The van der Waals surface area contributed by atoms with Crippen molar-refractivity contribution in [3.63, 3.8) is 0 Å². The third-order valence-electron chi connectivity index (χ3n) is 6.75. The number of imidazole rings is 1. The van der Waals surface area contributed by atoms with Crippen LogP contribution in [0.5, 0.6) is 0 Å². The zero-order valence-electron chi connectivity index (χ0n) is 18.9. The molecule has 3 aliphatic rings. The Labute approximate surface area is 192 Å². The highest BCUT2D eigenvalue weighted by atomic mass is 16.5. The average Bonchev–Trinajstić information content (AvgIpc) is 3.42. The van der Waals surface area contributed by atoms with E-state index >= 15 is 0 Å². The van der Waals surface area contributed by atoms with Crippen molar-refractivity contribution >= 4 is 28.9 Å². The van der Waals surface area contributed by atoms with Gasteiger partial charge in [-0.25, -0.2) is 24.9 Å². The van der Waals surface area contributed by atoms with Crippen LogP contribution in [-0.4, -0.2) is 74.9 Å². The molecule has 2 saturated heterocycles. The monoisotopic (exact) mass is 450 g/mol. The van der Waals surface area contributed by atoms with E-state index in [2.05, 4.69) is 24.3 Å². The third-order valence-corrected chi connectivity index (χ3v) is 6.75. The summed E-state index contributed by atoms with van der Waals surface area (Å²) in [5.74, 6) is 3.31. The first-order chi connectivity index (χ1) is 16.1. The Morgan fingerprint density at radius 1 is 1.03 bits per heavy atom. The molecule has 174 valence electrons. The minimum absolute atomic E-state index is 0.175. The molecule has 1 unspecified atom stereocenters. The fourth-order valence-electron chi connectivity index (χ4n) is 4.73. The molecule has 5 heterocycles. The summed E-state index contributed by atoms with van der Waals surface area (Å²) in [6.45, 7) is 7.41. The van der Waals surface area contributed by atoms with Crippen molar-refractivity contribution in [1.29, 1.82) is 0 Å². The predicted molar refractivity (Wildman–Crippen MR) is 126 cm³/mol. The summed E-state index contributed by atoms with van der Waals surface area (Å²) >= 11 is 0. The van der Waals surface area contributed by atoms with Crippen LogP contribution in [0.2, 0.25) is 0 Å². The van der Waals surface area contributed by atoms with E-state index in [0.717, 1.165) is 73.3 Å². The molecule has 1 aliphatic carbocycles. The predicted octanol–water partition coefficient (Wildman–Crippen LogP) is 0.958. The van der Waals surface area contributed by atoms with Gasteiger partial charge in [-0.1, -0.05) is 0 Å². The first-order valence-electron chi connectivity index (χ1n) is 11.8. The molecule has 3 fully saturated rings. The van der Waals surface area contributed by atoms with Gasteiger partial charge in [-0.3, -0.25) is 4.57 Å². The number of ether oxygens (including phenoxy) is 1. The number of nitrogens with two attached hydrogens (primary N) is 2. The van der Waals surface area contributed by atoms with E-state index in [1.165, 1.54) is 12.8 Å². The summed E-state index contributed by atoms with van der Waals surface area (Å²) in [5.41, 5.74) is 15.3. The Morgan fingerprint density at radius 2 is 1.85 bits per heavy atom. The number of anilines is 3. The van der Waals surface area contributed by atoms with E-state index in [1.807, 2.05) is 6.92 Å². The average molecular weight is 451 g/mol. The van der Waals surface area contributed by atoms with Crippen molar-refractivity contribution < 1.29 is 4.74 Å². The lowest BCUT2D eigenvalue weighted by atomic mass is 10.2. The lowest BCUT2D eigenvalue weighted by Gasteiger charge is -2.28. The van der Waals surface area contributed by atoms with Gasteiger partial charge in [0.25, 0.3) is 0 Å². The Bertz CT molecular complexity index is 1180. The van der Waals surface area contributed by atoms with Gasteiger partial charge in [-0.15, -0.1) is 0 Å². The van der Waals surface area contributed by atoms with Gasteiger partial charge in [0.1, 0.15) is 0 Å². The van der Waals surface area contributed by atoms with Crippen LogP contribution in [0, 0.1) is 12.8 Å². The number of aromatic nitrogens is 6. The molecule has 0 aromatic carbocycles. The topological polar surface area (TPSA) is 137 Å². The molecule has 1 saturated carbocycles. The van der Waals surface area contributed by atoms with Crippen LogP contribution >= 0.6 is 0 Å². The third kappa shape index (κ3) is 3.84. The van der Waals surface area contributed by atoms with Gasteiger partial charge < -0.3 is 26.0 Å². The van der Waals surface area contributed by atoms with E-state index in [1.54, 1.807) is 6.20 Å². The second kappa shape index (κ2) is 8.07. The number of fused-ring (bicyclic) bond motifs is 1. The zero-order chi connectivity index (χ0) is 22.5. The van der Waals surface area contributed by atoms with Crippen LogP contribution in [0.3, 0.4) is 0 Å². The van der Waals surface area contributed by atoms with Crippen LogP contribution in [0.1, 0.15) is 25.0 Å². The number of nitrogen functional groups attached to an aromatic ring is 1. The number of nitrogens with zero attached hydrogens (tertiary/aromatic N) is 8. The standard InChI is InChI=1S/C22H30N10O/c1-13-16(10-25-21(24)26-13)18-28-19(30-6-8-33-9-7-30)17-20(29-18)32(11-14-2-3-14)22(27-17)31-5-4-15(23)12-31/h10,14-15H,2-9,11-12,23H2,1H3,(H2,24,25,26). The van der Waals surface area contributed by atoms with Crippen molar-refractivity contribution in [1.82, 2.24) is 29.5 Å². The molecule has 3 aromatic rings. The molecular weight excluding hydrogens is 420 g/mol. The Kier molecular flexibility index (Phi) is 5.02. The second-order valence-corrected chi connectivity index (χ2v) is 9.33. The molecule has 11 nitrogen and oxygen atoms in total. The van der Waals surface area contributed by atoms with Gasteiger partial charge in [-0.05, 0) is 32.1 Å². The van der Waals surface area contributed by atoms with Gasteiger partial charge in [0, 0.05) is 45.0 Å². The molecule has 33 heavy (non-hydrogen) atoms. The Balaban J connectivity index is 1.56. The molecule has 0 bridgehead atoms. The summed E-state index contributed by atoms with van der Waals surface area (Å²) in [7, 11) is 0. The molecule has 2 aliphatic heterocycles. The quantitative estimate of drug-likeness (QED) is 0.578. The fourth-order valence-corrected chi connectivity index (χ4v) is 4.73. The highest BCUT2D eigenvalue weighted by molar-refractivity contribution is 5.88. The lowest BCUT2D eigenvalue weighted by molar-refractivity contribution is 0.122. The normalized spacial score (nSPS) is 21.3. The highest BCUT2D eigenvalue weighted by Gasteiger charge is 2.31. The summed E-state index contributed by atoms with van der Waals surface area (Å²) in [6.07, 6.45) is 5.18. The zero-order valence-corrected chi connectivity index (χ0v) is 18.9. The summed E-state index contributed by atoms with van der Waals surface area (Å²) < 4.78 is 7.88. The lowest BCUT2D eigenvalue weighted by Crippen LogP contribution is -2.37. The van der Waals surface area contributed by atoms with Crippen LogP contribution in [0.4, 0.5) is 17.7 Å². The maximum atomic E-state index is 6.24. The van der Waals surface area contributed by atoms with E-state index in [4.69, 9.17) is 31.2 Å². The van der Waals surface area contributed by atoms with Crippen LogP contribution < -0.4 is 21.3 Å². The number of rotatable bonds is 5. The highest BCUT2D eigenvalue weighted by Crippen LogP contribution is 2.37. The van der Waals surface area contributed by atoms with Gasteiger partial charge in [0.2, 0.25) is 11.9 Å². The van der Waals surface area contributed by atoms with E-state index < -0.39 is 0 Å². The van der Waals surface area contributed by atoms with Crippen molar-refractivity contribution in [3.05, 3.63) is 11.9 Å². The first-order valence-corrected chi connectivity index (χ1v) is 11.8. The van der Waals surface area contributed by atoms with Gasteiger partial charge in [0.05, 0.1) is 24.5 Å². The molecule has 6 rings (SSSR count). The minimum atomic E-state index is 0.175. The van der Waals surface area contributed by atoms with Crippen LogP contribution in [-0.2, 0) is 11.3 Å². The number of hydrogen-bond donors (Lipinski definition) is 2. The van der Waals surface area contributed by atoms with Gasteiger partial charge in [0.15, 0.2) is 22.8 Å². The Morgan fingerprint density at radius 3 is 2.55 bits per heavy atom. The molecule has 0 spiro atoms. The van der Waals surface area contributed by atoms with Crippen LogP contribution in [0.25, 0.3) is 22.6 Å². The molecular formula is C22H30N10O. The summed E-state index contributed by atoms with van der Waals surface area (Å²) in [4.78, 5) is 28.3. The molecule has 0 radical (unpaired) electrons. The number of morpholine rings is 1. The largest absolute Gasteiger partial charge is 0.378 e. The molecule has 3 aromatic heterocycles. The maximum Gasteiger partial charge on any atom is 0.220 e. The van der Waals surface area contributed by atoms with E-state index in [-0.39, 0.29) is 12.0 Å². The second-order valence-electron chi connectivity index (χ2n) is 9.33. The molecule has 4 N–H and O–H groups in total. The maximum absolute atomic E-state index is 6.24. The Hall–Kier alpha value is -3.05. The smallest absolute Gasteiger partial charge is 0.220 e. The van der Waals surface area contributed by atoms with Crippen molar-refractivity contribution in [2.24, 2.45) is 11.7 Å².